The zero-order valence-corrected chi connectivity index (χ0v) is 17.4. The van der Waals surface area contributed by atoms with Crippen LogP contribution in [0.5, 0.6) is 0 Å². The standard InChI is InChI=1S/C22H19BrN4O2/c1-22-20-17(16-4-2-3-5-18(16)25-20)10-11-26(22)19(28)13-27(21(22)29)24-12-14-6-8-15(23)9-7-14/h2-9,12,25H,10-11,13H2,1H3/b24-12+/t22-/m1/s1. The number of para-hydroxylation sites is 1. The lowest BCUT2D eigenvalue weighted by atomic mass is 9.83. The second-order valence-electron chi connectivity index (χ2n) is 7.55. The van der Waals surface area contributed by atoms with E-state index in [-0.39, 0.29) is 18.4 Å². The number of fused-ring (bicyclic) bond motifs is 5. The van der Waals surface area contributed by atoms with E-state index in [0.717, 1.165) is 38.6 Å². The van der Waals surface area contributed by atoms with Crippen molar-refractivity contribution in [1.29, 1.82) is 0 Å². The highest BCUT2D eigenvalue weighted by Gasteiger charge is 2.54. The summed E-state index contributed by atoms with van der Waals surface area (Å²) in [7, 11) is 0. The van der Waals surface area contributed by atoms with Gasteiger partial charge in [-0.05, 0) is 42.7 Å². The summed E-state index contributed by atoms with van der Waals surface area (Å²) >= 11 is 3.40. The number of benzene rings is 2. The first kappa shape index (κ1) is 18.1. The maximum Gasteiger partial charge on any atom is 0.275 e. The molecule has 1 fully saturated rings. The van der Waals surface area contributed by atoms with Crippen molar-refractivity contribution < 1.29 is 9.59 Å². The average molecular weight is 451 g/mol. The fourth-order valence-electron chi connectivity index (χ4n) is 4.37. The summed E-state index contributed by atoms with van der Waals surface area (Å²) in [6, 6.07) is 15.6. The number of nitrogens with zero attached hydrogens (tertiary/aromatic N) is 3. The third kappa shape index (κ3) is 2.72. The number of H-pyrrole nitrogens is 1. The lowest BCUT2D eigenvalue weighted by Crippen LogP contribution is -2.65. The van der Waals surface area contributed by atoms with Crippen LogP contribution < -0.4 is 0 Å². The second-order valence-corrected chi connectivity index (χ2v) is 8.47. The van der Waals surface area contributed by atoms with Gasteiger partial charge in [-0.25, -0.2) is 5.01 Å². The van der Waals surface area contributed by atoms with Crippen molar-refractivity contribution >= 4 is 44.9 Å². The number of halogens is 1. The predicted molar refractivity (Wildman–Crippen MR) is 115 cm³/mol. The highest BCUT2D eigenvalue weighted by Crippen LogP contribution is 2.41. The van der Waals surface area contributed by atoms with Crippen LogP contribution in [0.2, 0.25) is 0 Å². The molecular weight excluding hydrogens is 432 g/mol. The Morgan fingerprint density at radius 2 is 1.90 bits per heavy atom. The topological polar surface area (TPSA) is 68.8 Å². The zero-order valence-electron chi connectivity index (χ0n) is 15.9. The van der Waals surface area contributed by atoms with E-state index in [1.807, 2.05) is 49.4 Å². The average Bonchev–Trinajstić information content (AvgIpc) is 3.11. The van der Waals surface area contributed by atoms with Crippen LogP contribution in [0.1, 0.15) is 23.7 Å². The van der Waals surface area contributed by atoms with E-state index >= 15 is 0 Å². The van der Waals surface area contributed by atoms with Gasteiger partial charge in [-0.1, -0.05) is 46.3 Å². The molecule has 3 aromatic rings. The van der Waals surface area contributed by atoms with Crippen LogP contribution in [0.25, 0.3) is 10.9 Å². The molecule has 0 radical (unpaired) electrons. The van der Waals surface area contributed by atoms with E-state index < -0.39 is 5.54 Å². The van der Waals surface area contributed by atoms with Crippen LogP contribution in [0.3, 0.4) is 0 Å². The number of aromatic nitrogens is 1. The first-order valence-corrected chi connectivity index (χ1v) is 10.3. The molecule has 0 bridgehead atoms. The molecule has 2 aliphatic heterocycles. The van der Waals surface area contributed by atoms with E-state index in [1.165, 1.54) is 5.01 Å². The molecule has 2 amide bonds. The van der Waals surface area contributed by atoms with Crippen molar-refractivity contribution in [2.45, 2.75) is 18.9 Å². The Kier molecular flexibility index (Phi) is 4.10. The molecule has 1 N–H and O–H groups in total. The summed E-state index contributed by atoms with van der Waals surface area (Å²) in [5.41, 5.74) is 2.66. The summed E-state index contributed by atoms with van der Waals surface area (Å²) in [5.74, 6) is -0.290. The molecular formula is C22H19BrN4O2. The molecule has 29 heavy (non-hydrogen) atoms. The van der Waals surface area contributed by atoms with Gasteiger partial charge in [-0.3, -0.25) is 9.59 Å². The van der Waals surface area contributed by atoms with Crippen LogP contribution >= 0.6 is 15.9 Å². The highest BCUT2D eigenvalue weighted by molar-refractivity contribution is 9.10. The summed E-state index contributed by atoms with van der Waals surface area (Å²) in [6.45, 7) is 2.30. The molecule has 1 aromatic heterocycles. The molecule has 0 spiro atoms. The Hall–Kier alpha value is -2.93. The summed E-state index contributed by atoms with van der Waals surface area (Å²) in [5, 5.41) is 6.76. The van der Waals surface area contributed by atoms with Crippen LogP contribution in [-0.2, 0) is 21.5 Å². The third-order valence-corrected chi connectivity index (χ3v) is 6.41. The van der Waals surface area contributed by atoms with Crippen LogP contribution in [0.15, 0.2) is 58.1 Å². The molecule has 6 nitrogen and oxygen atoms in total. The predicted octanol–water partition coefficient (Wildman–Crippen LogP) is 3.41. The van der Waals surface area contributed by atoms with E-state index in [2.05, 4.69) is 32.1 Å². The van der Waals surface area contributed by atoms with Crippen LogP contribution in [0.4, 0.5) is 0 Å². The van der Waals surface area contributed by atoms with Crippen molar-refractivity contribution in [2.75, 3.05) is 13.1 Å². The number of hydrazone groups is 1. The minimum Gasteiger partial charge on any atom is -0.356 e. The molecule has 146 valence electrons. The minimum atomic E-state index is -1.08. The molecule has 0 unspecified atom stereocenters. The van der Waals surface area contributed by atoms with E-state index in [1.54, 1.807) is 11.1 Å². The van der Waals surface area contributed by atoms with Gasteiger partial charge in [-0.2, -0.15) is 5.10 Å². The van der Waals surface area contributed by atoms with Crippen molar-refractivity contribution in [1.82, 2.24) is 14.9 Å². The van der Waals surface area contributed by atoms with Crippen molar-refractivity contribution in [3.8, 4) is 0 Å². The van der Waals surface area contributed by atoms with E-state index in [0.29, 0.717) is 6.54 Å². The number of aromatic amines is 1. The molecule has 2 aliphatic rings. The fraction of sp³-hybridized carbons (Fsp3) is 0.227. The SMILES string of the molecule is C[C@@]12C(=O)N(/N=C/c3ccc(Br)cc3)CC(=O)N1CCc1c2[nH]c2ccccc12. The Bertz CT molecular complexity index is 1170. The Labute approximate surface area is 176 Å². The molecule has 5 rings (SSSR count). The summed E-state index contributed by atoms with van der Waals surface area (Å²) in [4.78, 5) is 31.5. The number of hydrogen-bond acceptors (Lipinski definition) is 3. The van der Waals surface area contributed by atoms with Crippen LogP contribution in [0, 0.1) is 0 Å². The first-order valence-electron chi connectivity index (χ1n) is 9.50. The number of amides is 2. The van der Waals surface area contributed by atoms with Gasteiger partial charge >= 0.3 is 0 Å². The van der Waals surface area contributed by atoms with Crippen molar-refractivity contribution in [3.05, 3.63) is 69.8 Å². The molecule has 0 aliphatic carbocycles. The molecule has 0 saturated carbocycles. The first-order chi connectivity index (χ1) is 14.0. The maximum absolute atomic E-state index is 13.5. The van der Waals surface area contributed by atoms with E-state index in [9.17, 15) is 9.59 Å². The molecule has 3 heterocycles. The van der Waals surface area contributed by atoms with Gasteiger partial charge in [0.15, 0.2) is 5.54 Å². The number of nitrogens with one attached hydrogen (secondary N) is 1. The number of carbonyl (C=O) groups excluding carboxylic acids is 2. The van der Waals surface area contributed by atoms with E-state index in [4.69, 9.17) is 0 Å². The number of hydrogen-bond donors (Lipinski definition) is 1. The van der Waals surface area contributed by atoms with Gasteiger partial charge in [0, 0.05) is 21.9 Å². The van der Waals surface area contributed by atoms with Gasteiger partial charge in [-0.15, -0.1) is 0 Å². The largest absolute Gasteiger partial charge is 0.356 e. The fourth-order valence-corrected chi connectivity index (χ4v) is 4.63. The Balaban J connectivity index is 1.56. The van der Waals surface area contributed by atoms with Crippen molar-refractivity contribution in [3.63, 3.8) is 0 Å². The summed E-state index contributed by atoms with van der Waals surface area (Å²) < 4.78 is 0.968. The molecule has 2 aromatic carbocycles. The Morgan fingerprint density at radius 1 is 1.14 bits per heavy atom. The number of piperazine rings is 1. The second kappa shape index (κ2) is 6.56. The van der Waals surface area contributed by atoms with Gasteiger partial charge in [0.25, 0.3) is 5.91 Å². The molecule has 7 heteroatoms. The zero-order chi connectivity index (χ0) is 20.2. The highest BCUT2D eigenvalue weighted by atomic mass is 79.9. The third-order valence-electron chi connectivity index (χ3n) is 5.88. The Morgan fingerprint density at radius 3 is 2.69 bits per heavy atom. The van der Waals surface area contributed by atoms with Crippen LogP contribution in [-0.4, -0.2) is 46.0 Å². The normalized spacial score (nSPS) is 21.7. The number of carbonyl (C=O) groups is 2. The van der Waals surface area contributed by atoms with Gasteiger partial charge < -0.3 is 9.88 Å². The van der Waals surface area contributed by atoms with Gasteiger partial charge in [0.2, 0.25) is 5.91 Å². The smallest absolute Gasteiger partial charge is 0.275 e. The number of rotatable bonds is 2. The van der Waals surface area contributed by atoms with Gasteiger partial charge in [0.05, 0.1) is 11.9 Å². The molecule has 1 atom stereocenters. The maximum atomic E-state index is 13.5. The van der Waals surface area contributed by atoms with Crippen molar-refractivity contribution in [2.24, 2.45) is 5.10 Å². The lowest BCUT2D eigenvalue weighted by molar-refractivity contribution is -0.165. The minimum absolute atomic E-state index is 0.0446. The lowest BCUT2D eigenvalue weighted by Gasteiger charge is -2.48. The summed E-state index contributed by atoms with van der Waals surface area (Å²) in [6.07, 6.45) is 2.35. The molecule has 1 saturated heterocycles. The quantitative estimate of drug-likeness (QED) is 0.607. The van der Waals surface area contributed by atoms with Gasteiger partial charge in [0.1, 0.15) is 6.54 Å². The monoisotopic (exact) mass is 450 g/mol.